The van der Waals surface area contributed by atoms with Crippen molar-refractivity contribution >= 4 is 16.9 Å². The summed E-state index contributed by atoms with van der Waals surface area (Å²) in [7, 11) is 0. The van der Waals surface area contributed by atoms with Crippen molar-refractivity contribution in [1.82, 2.24) is 0 Å². The van der Waals surface area contributed by atoms with E-state index in [9.17, 15) is 4.79 Å². The summed E-state index contributed by atoms with van der Waals surface area (Å²) in [5.41, 5.74) is 1.93. The average molecular weight is 244 g/mol. The molecule has 1 atom stereocenters. The van der Waals surface area contributed by atoms with Gasteiger partial charge in [-0.2, -0.15) is 0 Å². The van der Waals surface area contributed by atoms with Crippen LogP contribution in [0.1, 0.15) is 36.5 Å². The van der Waals surface area contributed by atoms with Gasteiger partial charge < -0.3 is 9.52 Å². The Hall–Kier alpha value is -1.77. The van der Waals surface area contributed by atoms with E-state index in [2.05, 4.69) is 0 Å². The number of fused-ring (bicyclic) bond motifs is 1. The molecule has 1 N–H and O–H groups in total. The van der Waals surface area contributed by atoms with Crippen LogP contribution in [0.5, 0.6) is 0 Å². The van der Waals surface area contributed by atoms with Gasteiger partial charge in [-0.05, 0) is 37.3 Å². The van der Waals surface area contributed by atoms with Gasteiger partial charge in [0.05, 0.1) is 6.42 Å². The summed E-state index contributed by atoms with van der Waals surface area (Å²) in [5.74, 6) is 0.753. The maximum atomic E-state index is 11.0. The Kier molecular flexibility index (Phi) is 2.62. The maximum Gasteiger partial charge on any atom is 0.303 e. The first-order valence-electron chi connectivity index (χ1n) is 6.36. The number of aryl methyl sites for hydroxylation is 1. The molecule has 3 heteroatoms. The number of furan rings is 1. The van der Waals surface area contributed by atoms with Crippen molar-refractivity contribution in [3.8, 4) is 0 Å². The minimum Gasteiger partial charge on any atom is -0.481 e. The summed E-state index contributed by atoms with van der Waals surface area (Å²) < 4.78 is 5.75. The molecule has 94 valence electrons. The monoisotopic (exact) mass is 244 g/mol. The molecule has 1 fully saturated rings. The van der Waals surface area contributed by atoms with E-state index in [4.69, 9.17) is 9.52 Å². The Morgan fingerprint density at radius 3 is 2.94 bits per heavy atom. The second kappa shape index (κ2) is 4.16. The molecule has 1 saturated carbocycles. The molecule has 0 amide bonds. The van der Waals surface area contributed by atoms with Crippen molar-refractivity contribution in [1.29, 1.82) is 0 Å². The smallest absolute Gasteiger partial charge is 0.303 e. The topological polar surface area (TPSA) is 50.4 Å². The van der Waals surface area contributed by atoms with Crippen LogP contribution in [0.4, 0.5) is 0 Å². The molecule has 18 heavy (non-hydrogen) atoms. The predicted molar refractivity (Wildman–Crippen MR) is 68.7 cm³/mol. The zero-order valence-corrected chi connectivity index (χ0v) is 10.3. The second-order valence-corrected chi connectivity index (χ2v) is 5.16. The maximum absolute atomic E-state index is 11.0. The van der Waals surface area contributed by atoms with E-state index in [-0.39, 0.29) is 12.3 Å². The van der Waals surface area contributed by atoms with Gasteiger partial charge in [-0.3, -0.25) is 4.79 Å². The zero-order valence-electron chi connectivity index (χ0n) is 10.3. The fraction of sp³-hybridized carbons (Fsp3) is 0.400. The van der Waals surface area contributed by atoms with E-state index in [1.54, 1.807) is 0 Å². The Morgan fingerprint density at radius 2 is 2.28 bits per heavy atom. The summed E-state index contributed by atoms with van der Waals surface area (Å²) >= 11 is 0. The number of hydrogen-bond donors (Lipinski definition) is 1. The first-order chi connectivity index (χ1) is 8.65. The van der Waals surface area contributed by atoms with Gasteiger partial charge in [0.1, 0.15) is 11.3 Å². The zero-order chi connectivity index (χ0) is 12.7. The number of benzene rings is 1. The largest absolute Gasteiger partial charge is 0.481 e. The number of hydrogen-bond acceptors (Lipinski definition) is 2. The predicted octanol–water partition coefficient (Wildman–Crippen LogP) is 3.71. The first kappa shape index (κ1) is 11.3. The first-order valence-corrected chi connectivity index (χ1v) is 6.36. The molecule has 0 saturated heterocycles. The minimum absolute atomic E-state index is 0.0942. The summed E-state index contributed by atoms with van der Waals surface area (Å²) in [5, 5.41) is 10.1. The Bertz CT molecular complexity index is 593. The van der Waals surface area contributed by atoms with E-state index in [0.29, 0.717) is 5.92 Å². The SMILES string of the molecule is Cc1cc2cccc(C(CC(=O)O)C3CC3)c2o1. The number of para-hydroxylation sites is 1. The Balaban J connectivity index is 2.07. The molecule has 0 spiro atoms. The standard InChI is InChI=1S/C15H16O3/c1-9-7-11-3-2-4-12(15(11)18-9)13(8-14(16)17)10-5-6-10/h2-4,7,10,13H,5-6,8H2,1H3,(H,16,17). The number of carbonyl (C=O) groups is 1. The van der Waals surface area contributed by atoms with E-state index in [1.807, 2.05) is 31.2 Å². The van der Waals surface area contributed by atoms with Crippen molar-refractivity contribution < 1.29 is 14.3 Å². The molecule has 2 aromatic rings. The average Bonchev–Trinajstić information content (AvgIpc) is 3.06. The normalized spacial score (nSPS) is 16.9. The quantitative estimate of drug-likeness (QED) is 0.891. The summed E-state index contributed by atoms with van der Waals surface area (Å²) in [6.45, 7) is 1.92. The van der Waals surface area contributed by atoms with Crippen LogP contribution in [0.3, 0.4) is 0 Å². The molecule has 0 radical (unpaired) electrons. The number of aliphatic carboxylic acids is 1. The van der Waals surface area contributed by atoms with Crippen LogP contribution < -0.4 is 0 Å². The summed E-state index contributed by atoms with van der Waals surface area (Å²) in [6, 6.07) is 8.02. The molecule has 1 heterocycles. The number of carboxylic acids is 1. The molecule has 3 nitrogen and oxygen atoms in total. The van der Waals surface area contributed by atoms with Crippen LogP contribution in [0.15, 0.2) is 28.7 Å². The third kappa shape index (κ3) is 2.01. The Labute approximate surface area is 105 Å². The van der Waals surface area contributed by atoms with E-state index < -0.39 is 5.97 Å². The van der Waals surface area contributed by atoms with Crippen LogP contribution in [-0.4, -0.2) is 11.1 Å². The van der Waals surface area contributed by atoms with Gasteiger partial charge in [-0.1, -0.05) is 18.2 Å². The van der Waals surface area contributed by atoms with E-state index in [1.165, 1.54) is 0 Å². The highest BCUT2D eigenvalue weighted by atomic mass is 16.4. The van der Waals surface area contributed by atoms with E-state index in [0.717, 1.165) is 35.1 Å². The highest BCUT2D eigenvalue weighted by Gasteiger charge is 2.35. The lowest BCUT2D eigenvalue weighted by Crippen LogP contribution is -2.08. The summed E-state index contributed by atoms with van der Waals surface area (Å²) in [6.07, 6.45) is 2.46. The molecule has 1 unspecified atom stereocenters. The number of carboxylic acid groups (broad SMARTS) is 1. The van der Waals surface area contributed by atoms with Gasteiger partial charge in [0.25, 0.3) is 0 Å². The van der Waals surface area contributed by atoms with Crippen LogP contribution in [0.2, 0.25) is 0 Å². The Morgan fingerprint density at radius 1 is 1.50 bits per heavy atom. The van der Waals surface area contributed by atoms with Crippen molar-refractivity contribution in [3.63, 3.8) is 0 Å². The van der Waals surface area contributed by atoms with Crippen LogP contribution in [-0.2, 0) is 4.79 Å². The molecule has 1 aromatic carbocycles. The van der Waals surface area contributed by atoms with E-state index >= 15 is 0 Å². The van der Waals surface area contributed by atoms with Gasteiger partial charge in [-0.15, -0.1) is 0 Å². The molecular weight excluding hydrogens is 228 g/mol. The lowest BCUT2D eigenvalue weighted by atomic mass is 9.90. The van der Waals surface area contributed by atoms with Crippen molar-refractivity contribution in [3.05, 3.63) is 35.6 Å². The second-order valence-electron chi connectivity index (χ2n) is 5.16. The molecule has 0 aliphatic heterocycles. The van der Waals surface area contributed by atoms with Gasteiger partial charge in [0.2, 0.25) is 0 Å². The molecular formula is C15H16O3. The van der Waals surface area contributed by atoms with Gasteiger partial charge in [-0.25, -0.2) is 0 Å². The summed E-state index contributed by atoms with van der Waals surface area (Å²) in [4.78, 5) is 11.0. The van der Waals surface area contributed by atoms with Crippen molar-refractivity contribution in [2.75, 3.05) is 0 Å². The highest BCUT2D eigenvalue weighted by Crippen LogP contribution is 2.46. The lowest BCUT2D eigenvalue weighted by Gasteiger charge is -2.14. The minimum atomic E-state index is -0.729. The van der Waals surface area contributed by atoms with Crippen LogP contribution in [0.25, 0.3) is 11.0 Å². The lowest BCUT2D eigenvalue weighted by molar-refractivity contribution is -0.137. The molecule has 1 aromatic heterocycles. The van der Waals surface area contributed by atoms with Crippen molar-refractivity contribution in [2.45, 2.75) is 32.1 Å². The molecule has 1 aliphatic rings. The number of rotatable bonds is 4. The van der Waals surface area contributed by atoms with Crippen LogP contribution >= 0.6 is 0 Å². The third-order valence-corrected chi connectivity index (χ3v) is 3.68. The molecule has 1 aliphatic carbocycles. The van der Waals surface area contributed by atoms with Gasteiger partial charge in [0, 0.05) is 11.3 Å². The van der Waals surface area contributed by atoms with Crippen LogP contribution in [0, 0.1) is 12.8 Å². The third-order valence-electron chi connectivity index (χ3n) is 3.68. The molecule has 0 bridgehead atoms. The van der Waals surface area contributed by atoms with Crippen molar-refractivity contribution in [2.24, 2.45) is 5.92 Å². The fourth-order valence-corrected chi connectivity index (χ4v) is 2.72. The van der Waals surface area contributed by atoms with Gasteiger partial charge in [0.15, 0.2) is 0 Å². The fourth-order valence-electron chi connectivity index (χ4n) is 2.72. The van der Waals surface area contributed by atoms with Gasteiger partial charge >= 0.3 is 5.97 Å². The molecule has 3 rings (SSSR count). The highest BCUT2D eigenvalue weighted by molar-refractivity contribution is 5.82.